The topological polar surface area (TPSA) is 89.2 Å². The van der Waals surface area contributed by atoms with Crippen LogP contribution >= 0.6 is 0 Å². The van der Waals surface area contributed by atoms with Gasteiger partial charge in [0.1, 0.15) is 5.82 Å². The molecule has 2 aromatic rings. The smallest absolute Gasteiger partial charge is 0.227 e. The number of hydrogen-bond donors (Lipinski definition) is 1. The van der Waals surface area contributed by atoms with E-state index in [1.54, 1.807) is 11.1 Å². The van der Waals surface area contributed by atoms with Crippen molar-refractivity contribution in [1.82, 2.24) is 9.97 Å². The molecule has 1 aromatic heterocycles. The van der Waals surface area contributed by atoms with E-state index in [0.29, 0.717) is 12.4 Å². The van der Waals surface area contributed by atoms with E-state index >= 15 is 0 Å². The van der Waals surface area contributed by atoms with Gasteiger partial charge in [-0.1, -0.05) is 12.1 Å². The zero-order valence-electron chi connectivity index (χ0n) is 12.2. The van der Waals surface area contributed by atoms with Crippen LogP contribution in [0.2, 0.25) is 0 Å². The standard InChI is InChI=1S/C16H16N4O2/c1-10-18-6-5-14(19-10)11-3-2-4-13(7-11)20-9-12(16(17)22)8-15(20)21/h2-7,12H,8-9H2,1H3,(H2,17,22). The van der Waals surface area contributed by atoms with Gasteiger partial charge in [0.2, 0.25) is 11.8 Å². The number of anilines is 1. The molecule has 1 aromatic carbocycles. The zero-order chi connectivity index (χ0) is 15.7. The van der Waals surface area contributed by atoms with Gasteiger partial charge in [-0.05, 0) is 25.1 Å². The molecule has 6 nitrogen and oxygen atoms in total. The molecule has 1 fully saturated rings. The summed E-state index contributed by atoms with van der Waals surface area (Å²) in [7, 11) is 0. The quantitative estimate of drug-likeness (QED) is 0.924. The Morgan fingerprint density at radius 3 is 2.86 bits per heavy atom. The van der Waals surface area contributed by atoms with E-state index in [1.807, 2.05) is 37.3 Å². The van der Waals surface area contributed by atoms with Crippen molar-refractivity contribution >= 4 is 17.5 Å². The summed E-state index contributed by atoms with van der Waals surface area (Å²) in [5.74, 6) is -0.246. The molecule has 0 aliphatic carbocycles. The minimum absolute atomic E-state index is 0.0835. The summed E-state index contributed by atoms with van der Waals surface area (Å²) >= 11 is 0. The summed E-state index contributed by atoms with van der Waals surface area (Å²) in [6.45, 7) is 2.16. The molecule has 1 atom stereocenters. The first-order valence-electron chi connectivity index (χ1n) is 7.04. The molecule has 2 amide bonds. The summed E-state index contributed by atoms with van der Waals surface area (Å²) < 4.78 is 0. The first-order chi connectivity index (χ1) is 10.5. The summed E-state index contributed by atoms with van der Waals surface area (Å²) in [5.41, 5.74) is 7.76. The molecular formula is C16H16N4O2. The van der Waals surface area contributed by atoms with Crippen molar-refractivity contribution < 1.29 is 9.59 Å². The zero-order valence-corrected chi connectivity index (χ0v) is 12.2. The van der Waals surface area contributed by atoms with Crippen LogP contribution in [0.15, 0.2) is 36.5 Å². The number of rotatable bonds is 3. The Labute approximate surface area is 128 Å². The predicted molar refractivity (Wildman–Crippen MR) is 81.9 cm³/mol. The van der Waals surface area contributed by atoms with Gasteiger partial charge in [-0.25, -0.2) is 9.97 Å². The van der Waals surface area contributed by atoms with Gasteiger partial charge in [-0.15, -0.1) is 0 Å². The van der Waals surface area contributed by atoms with Gasteiger partial charge in [0.25, 0.3) is 0 Å². The molecule has 2 heterocycles. The lowest BCUT2D eigenvalue weighted by molar-refractivity contribution is -0.123. The fourth-order valence-corrected chi connectivity index (χ4v) is 2.60. The maximum atomic E-state index is 12.1. The molecule has 0 spiro atoms. The lowest BCUT2D eigenvalue weighted by Gasteiger charge is -2.17. The Kier molecular flexibility index (Phi) is 3.58. The Morgan fingerprint density at radius 2 is 2.18 bits per heavy atom. The molecule has 1 aliphatic rings. The van der Waals surface area contributed by atoms with E-state index in [1.165, 1.54) is 0 Å². The van der Waals surface area contributed by atoms with Crippen molar-refractivity contribution in [2.75, 3.05) is 11.4 Å². The van der Waals surface area contributed by atoms with Crippen molar-refractivity contribution in [2.24, 2.45) is 11.7 Å². The second-order valence-corrected chi connectivity index (χ2v) is 5.35. The molecule has 2 N–H and O–H groups in total. The van der Waals surface area contributed by atoms with Crippen molar-refractivity contribution in [2.45, 2.75) is 13.3 Å². The van der Waals surface area contributed by atoms with E-state index in [0.717, 1.165) is 16.9 Å². The van der Waals surface area contributed by atoms with Crippen LogP contribution in [0, 0.1) is 12.8 Å². The van der Waals surface area contributed by atoms with E-state index < -0.39 is 11.8 Å². The summed E-state index contributed by atoms with van der Waals surface area (Å²) in [4.78, 5) is 33.4. The lowest BCUT2D eigenvalue weighted by atomic mass is 10.1. The van der Waals surface area contributed by atoms with E-state index in [4.69, 9.17) is 5.73 Å². The Hall–Kier alpha value is -2.76. The summed E-state index contributed by atoms with van der Waals surface area (Å²) in [6.07, 6.45) is 1.88. The monoisotopic (exact) mass is 296 g/mol. The van der Waals surface area contributed by atoms with Crippen molar-refractivity contribution in [3.8, 4) is 11.3 Å². The molecule has 1 aliphatic heterocycles. The number of nitrogens with two attached hydrogens (primary N) is 1. The normalized spacial score (nSPS) is 17.8. The third kappa shape index (κ3) is 2.67. The maximum Gasteiger partial charge on any atom is 0.227 e. The Bertz CT molecular complexity index is 744. The first kappa shape index (κ1) is 14.2. The van der Waals surface area contributed by atoms with Crippen LogP contribution in [-0.4, -0.2) is 28.3 Å². The van der Waals surface area contributed by atoms with E-state index in [2.05, 4.69) is 9.97 Å². The van der Waals surface area contributed by atoms with Gasteiger partial charge in [0.15, 0.2) is 0 Å². The van der Waals surface area contributed by atoms with Crippen molar-refractivity contribution in [3.05, 3.63) is 42.4 Å². The third-order valence-corrected chi connectivity index (χ3v) is 3.76. The molecule has 22 heavy (non-hydrogen) atoms. The van der Waals surface area contributed by atoms with Crippen LogP contribution in [0.5, 0.6) is 0 Å². The van der Waals surface area contributed by atoms with Gasteiger partial charge in [0.05, 0.1) is 11.6 Å². The van der Waals surface area contributed by atoms with Gasteiger partial charge < -0.3 is 10.6 Å². The van der Waals surface area contributed by atoms with Gasteiger partial charge in [-0.2, -0.15) is 0 Å². The predicted octanol–water partition coefficient (Wildman–Crippen LogP) is 1.29. The molecule has 112 valence electrons. The average molecular weight is 296 g/mol. The minimum Gasteiger partial charge on any atom is -0.369 e. The SMILES string of the molecule is Cc1nccc(-c2cccc(N3CC(C(N)=O)CC3=O)c2)n1. The number of hydrogen-bond acceptors (Lipinski definition) is 4. The average Bonchev–Trinajstić information content (AvgIpc) is 2.90. The molecule has 0 bridgehead atoms. The summed E-state index contributed by atoms with van der Waals surface area (Å²) in [6, 6.07) is 9.36. The highest BCUT2D eigenvalue weighted by Gasteiger charge is 2.33. The molecule has 6 heteroatoms. The third-order valence-electron chi connectivity index (χ3n) is 3.76. The largest absolute Gasteiger partial charge is 0.369 e. The Balaban J connectivity index is 1.92. The number of aryl methyl sites for hydroxylation is 1. The second-order valence-electron chi connectivity index (χ2n) is 5.35. The van der Waals surface area contributed by atoms with Crippen LogP contribution in [0.4, 0.5) is 5.69 Å². The molecule has 1 saturated heterocycles. The van der Waals surface area contributed by atoms with Crippen LogP contribution in [0.1, 0.15) is 12.2 Å². The summed E-state index contributed by atoms with van der Waals surface area (Å²) in [5, 5.41) is 0. The molecule has 1 unspecified atom stereocenters. The highest BCUT2D eigenvalue weighted by atomic mass is 16.2. The van der Waals surface area contributed by atoms with Gasteiger partial charge >= 0.3 is 0 Å². The van der Waals surface area contributed by atoms with Crippen molar-refractivity contribution in [3.63, 3.8) is 0 Å². The molecular weight excluding hydrogens is 280 g/mol. The van der Waals surface area contributed by atoms with Gasteiger partial charge in [-0.3, -0.25) is 9.59 Å². The van der Waals surface area contributed by atoms with Crippen LogP contribution in [-0.2, 0) is 9.59 Å². The highest BCUT2D eigenvalue weighted by Crippen LogP contribution is 2.28. The first-order valence-corrected chi connectivity index (χ1v) is 7.04. The second kappa shape index (κ2) is 5.55. The number of aromatic nitrogens is 2. The molecule has 3 rings (SSSR count). The fraction of sp³-hybridized carbons (Fsp3) is 0.250. The maximum absolute atomic E-state index is 12.1. The number of amides is 2. The van der Waals surface area contributed by atoms with Gasteiger partial charge in [0, 0.05) is 30.4 Å². The van der Waals surface area contributed by atoms with Crippen LogP contribution < -0.4 is 10.6 Å². The Morgan fingerprint density at radius 1 is 1.36 bits per heavy atom. The highest BCUT2D eigenvalue weighted by molar-refractivity contribution is 6.00. The number of nitrogens with zero attached hydrogens (tertiary/aromatic N) is 3. The van der Waals surface area contributed by atoms with Crippen molar-refractivity contribution in [1.29, 1.82) is 0 Å². The number of benzene rings is 1. The van der Waals surface area contributed by atoms with Crippen LogP contribution in [0.25, 0.3) is 11.3 Å². The lowest BCUT2D eigenvalue weighted by Crippen LogP contribution is -2.28. The number of carbonyl (C=O) groups excluding carboxylic acids is 2. The minimum atomic E-state index is -0.432. The molecule has 0 saturated carbocycles. The van der Waals surface area contributed by atoms with E-state index in [-0.39, 0.29) is 12.3 Å². The molecule has 0 radical (unpaired) electrons. The van der Waals surface area contributed by atoms with Crippen LogP contribution in [0.3, 0.4) is 0 Å². The number of carbonyl (C=O) groups is 2. The number of primary amides is 1. The fourth-order valence-electron chi connectivity index (χ4n) is 2.60. The van der Waals surface area contributed by atoms with E-state index in [9.17, 15) is 9.59 Å².